The fraction of sp³-hybridized carbons (Fsp3) is 0.190. The maximum absolute atomic E-state index is 4.20. The minimum absolute atomic E-state index is 0.914. The fourth-order valence-electron chi connectivity index (χ4n) is 2.05. The molecular weight excluding hydrogens is 280 g/mol. The molecule has 0 bridgehead atoms. The average molecular weight is 307 g/mol. The van der Waals surface area contributed by atoms with E-state index in [0.717, 1.165) is 22.7 Å². The zero-order valence-corrected chi connectivity index (χ0v) is 14.4. The lowest BCUT2D eigenvalue weighted by molar-refractivity contribution is -0.706. The highest BCUT2D eigenvalue weighted by Gasteiger charge is 2.02. The molecule has 0 saturated heterocycles. The molecule has 1 rings (SSSR count). The molecule has 0 fully saturated rings. The summed E-state index contributed by atoms with van der Waals surface area (Å²) < 4.78 is 2.16. The van der Waals surface area contributed by atoms with Gasteiger partial charge in [-0.25, -0.2) is 0 Å². The molecule has 0 aliphatic carbocycles. The highest BCUT2D eigenvalue weighted by molar-refractivity contribution is 5.52. The Morgan fingerprint density at radius 3 is 2.35 bits per heavy atom. The maximum atomic E-state index is 4.20. The Balaban J connectivity index is 2.86. The number of allylic oxidation sites excluding steroid dienone is 7. The number of aryl methyl sites for hydroxylation is 1. The minimum Gasteiger partial charge on any atom is -0.383 e. The first-order chi connectivity index (χ1) is 11.1. The SMILES string of the molecule is C=C/C=c1\c(=C)c(C=CC=C/C=C/C=C/N(C)C)cc[n+]1CC. The Morgan fingerprint density at radius 2 is 1.74 bits per heavy atom. The van der Waals surface area contributed by atoms with Gasteiger partial charge in [0.25, 0.3) is 0 Å². The topological polar surface area (TPSA) is 7.12 Å². The van der Waals surface area contributed by atoms with Crippen molar-refractivity contribution in [3.8, 4) is 0 Å². The van der Waals surface area contributed by atoms with Crippen LogP contribution in [0.1, 0.15) is 12.5 Å². The largest absolute Gasteiger partial charge is 0.383 e. The lowest BCUT2D eigenvalue weighted by Gasteiger charge is -2.00. The van der Waals surface area contributed by atoms with Crippen LogP contribution in [0.25, 0.3) is 18.7 Å². The van der Waals surface area contributed by atoms with Crippen LogP contribution < -0.4 is 15.1 Å². The summed E-state index contributed by atoms with van der Waals surface area (Å²) in [5, 5.41) is 2.12. The van der Waals surface area contributed by atoms with Crippen LogP contribution in [0.4, 0.5) is 0 Å². The summed E-state index contributed by atoms with van der Waals surface area (Å²) in [7, 11) is 4.00. The molecule has 0 amide bonds. The number of nitrogens with zero attached hydrogens (tertiary/aromatic N) is 2. The second-order valence-corrected chi connectivity index (χ2v) is 5.26. The molecule has 0 spiro atoms. The van der Waals surface area contributed by atoms with Crippen LogP contribution in [0.3, 0.4) is 0 Å². The van der Waals surface area contributed by atoms with Crippen molar-refractivity contribution < 1.29 is 4.57 Å². The lowest BCUT2D eigenvalue weighted by atomic mass is 10.1. The first kappa shape index (κ1) is 18.4. The van der Waals surface area contributed by atoms with Crippen molar-refractivity contribution in [2.75, 3.05) is 14.1 Å². The van der Waals surface area contributed by atoms with Gasteiger partial charge in [-0.2, -0.15) is 4.57 Å². The molecule has 0 aliphatic heterocycles. The predicted octanol–water partition coefficient (Wildman–Crippen LogP) is 2.57. The van der Waals surface area contributed by atoms with Crippen molar-refractivity contribution in [1.82, 2.24) is 4.90 Å². The van der Waals surface area contributed by atoms with Crippen molar-refractivity contribution in [3.05, 3.63) is 83.7 Å². The molecule has 0 saturated carbocycles. The summed E-state index contributed by atoms with van der Waals surface area (Å²) in [4.78, 5) is 2.00. The average Bonchev–Trinajstić information content (AvgIpc) is 2.53. The molecule has 0 aromatic carbocycles. The normalized spacial score (nSPS) is 13.1. The van der Waals surface area contributed by atoms with Gasteiger partial charge in [0.2, 0.25) is 5.35 Å². The number of hydrogen-bond donors (Lipinski definition) is 0. The zero-order valence-electron chi connectivity index (χ0n) is 14.4. The first-order valence-corrected chi connectivity index (χ1v) is 7.79. The van der Waals surface area contributed by atoms with Crippen molar-refractivity contribution in [3.63, 3.8) is 0 Å². The molecule has 0 radical (unpaired) electrons. The molecule has 2 nitrogen and oxygen atoms in total. The van der Waals surface area contributed by atoms with E-state index in [1.165, 1.54) is 0 Å². The van der Waals surface area contributed by atoms with E-state index in [2.05, 4.69) is 43.0 Å². The summed E-state index contributed by atoms with van der Waals surface area (Å²) in [6, 6.07) is 2.09. The number of rotatable bonds is 7. The van der Waals surface area contributed by atoms with Gasteiger partial charge in [-0.1, -0.05) is 55.7 Å². The van der Waals surface area contributed by atoms with Crippen molar-refractivity contribution in [2.24, 2.45) is 0 Å². The molecule has 120 valence electrons. The van der Waals surface area contributed by atoms with Crippen LogP contribution in [0.5, 0.6) is 0 Å². The van der Waals surface area contributed by atoms with Gasteiger partial charge >= 0.3 is 0 Å². The van der Waals surface area contributed by atoms with Crippen LogP contribution in [-0.2, 0) is 6.54 Å². The molecule has 2 heteroatoms. The van der Waals surface area contributed by atoms with Crippen LogP contribution in [0, 0.1) is 0 Å². The summed E-state index contributed by atoms with van der Waals surface area (Å²) in [5.74, 6) is 0. The molecule has 1 heterocycles. The Labute approximate surface area is 140 Å². The van der Waals surface area contributed by atoms with E-state index in [0.29, 0.717) is 0 Å². The first-order valence-electron chi connectivity index (χ1n) is 7.79. The third-order valence-corrected chi connectivity index (χ3v) is 3.23. The molecule has 0 aliphatic rings. The van der Waals surface area contributed by atoms with Gasteiger partial charge in [0.1, 0.15) is 6.54 Å². The molecule has 23 heavy (non-hydrogen) atoms. The smallest absolute Gasteiger partial charge is 0.212 e. The van der Waals surface area contributed by atoms with Gasteiger partial charge in [0.15, 0.2) is 6.20 Å². The maximum Gasteiger partial charge on any atom is 0.212 e. The quantitative estimate of drug-likeness (QED) is 0.555. The van der Waals surface area contributed by atoms with Gasteiger partial charge in [0.05, 0.1) is 0 Å². The highest BCUT2D eigenvalue weighted by Crippen LogP contribution is 1.92. The molecule has 1 aromatic heterocycles. The highest BCUT2D eigenvalue weighted by atomic mass is 15.0. The van der Waals surface area contributed by atoms with E-state index in [-0.39, 0.29) is 0 Å². The fourth-order valence-corrected chi connectivity index (χ4v) is 2.05. The monoisotopic (exact) mass is 307 g/mol. The zero-order chi connectivity index (χ0) is 17.1. The van der Waals surface area contributed by atoms with Crippen LogP contribution >= 0.6 is 0 Å². The van der Waals surface area contributed by atoms with Crippen LogP contribution in [0.2, 0.25) is 0 Å². The Hall–Kier alpha value is -2.61. The standard InChI is InChI=1S/C21H27N2/c1-6-14-21-19(3)20(16-18-23(21)7-2)15-12-10-8-9-11-13-17-22(4)5/h6,8-18H,1,3,7H2,2,4-5H3/q+1/b21-14+. The molecule has 0 N–H and O–H groups in total. The molecule has 1 aromatic rings. The van der Waals surface area contributed by atoms with E-state index >= 15 is 0 Å². The molecular formula is C21H27N2+. The van der Waals surface area contributed by atoms with Gasteiger partial charge in [-0.3, -0.25) is 0 Å². The van der Waals surface area contributed by atoms with E-state index in [9.17, 15) is 0 Å². The minimum atomic E-state index is 0.914. The molecule has 0 atom stereocenters. The third-order valence-electron chi connectivity index (χ3n) is 3.23. The van der Waals surface area contributed by atoms with E-state index in [4.69, 9.17) is 0 Å². The van der Waals surface area contributed by atoms with Gasteiger partial charge in [-0.15, -0.1) is 0 Å². The third kappa shape index (κ3) is 6.35. The molecule has 0 unspecified atom stereocenters. The number of pyridine rings is 1. The summed E-state index contributed by atoms with van der Waals surface area (Å²) in [6.07, 6.45) is 22.0. The van der Waals surface area contributed by atoms with Crippen molar-refractivity contribution in [1.29, 1.82) is 0 Å². The summed E-state index contributed by atoms with van der Waals surface area (Å²) in [6.45, 7) is 11.0. The van der Waals surface area contributed by atoms with Crippen molar-refractivity contribution >= 4 is 18.7 Å². The van der Waals surface area contributed by atoms with Crippen molar-refractivity contribution in [2.45, 2.75) is 13.5 Å². The van der Waals surface area contributed by atoms with Gasteiger partial charge < -0.3 is 4.90 Å². The Kier molecular flexibility index (Phi) is 8.16. The van der Waals surface area contributed by atoms with Gasteiger partial charge in [-0.05, 0) is 24.8 Å². The number of aromatic nitrogens is 1. The lowest BCUT2D eigenvalue weighted by Crippen LogP contribution is -2.56. The Bertz CT molecular complexity index is 732. The number of hydrogen-bond acceptors (Lipinski definition) is 1. The van der Waals surface area contributed by atoms with Gasteiger partial charge in [0, 0.05) is 31.5 Å². The predicted molar refractivity (Wildman–Crippen MR) is 102 cm³/mol. The summed E-state index contributed by atoms with van der Waals surface area (Å²) >= 11 is 0. The summed E-state index contributed by atoms with van der Waals surface area (Å²) in [5.41, 5.74) is 1.11. The van der Waals surface area contributed by atoms with E-state index in [1.54, 1.807) is 6.08 Å². The van der Waals surface area contributed by atoms with Crippen LogP contribution in [-0.4, -0.2) is 19.0 Å². The van der Waals surface area contributed by atoms with Crippen LogP contribution in [0.15, 0.2) is 67.6 Å². The Morgan fingerprint density at radius 1 is 1.09 bits per heavy atom. The second kappa shape index (κ2) is 10.2. The second-order valence-electron chi connectivity index (χ2n) is 5.26. The van der Waals surface area contributed by atoms with E-state index < -0.39 is 0 Å². The van der Waals surface area contributed by atoms with E-state index in [1.807, 2.05) is 67.7 Å².